The van der Waals surface area contributed by atoms with Crippen LogP contribution in [-0.2, 0) is 0 Å². The molecule has 0 amide bonds. The highest BCUT2D eigenvalue weighted by atomic mass is 14.0. The van der Waals surface area contributed by atoms with E-state index in [1.165, 1.54) is 21.9 Å². The molecule has 0 N–H and O–H groups in total. The van der Waals surface area contributed by atoms with Gasteiger partial charge in [0, 0.05) is 0 Å². The summed E-state index contributed by atoms with van der Waals surface area (Å²) in [6, 6.07) is 17.7. The molecule has 0 unspecified atom stereocenters. The first-order valence-corrected chi connectivity index (χ1v) is 7.96. The van der Waals surface area contributed by atoms with Crippen LogP contribution < -0.4 is 21.9 Å². The van der Waals surface area contributed by atoms with Crippen LogP contribution in [0.15, 0.2) is 48.5 Å². The van der Waals surface area contributed by atoms with E-state index in [9.17, 15) is 0 Å². The average Bonchev–Trinajstić information content (AvgIpc) is 2.56. The van der Waals surface area contributed by atoms with Gasteiger partial charge < -0.3 is 0 Å². The summed E-state index contributed by atoms with van der Waals surface area (Å²) in [7, 11) is 0. The van der Waals surface area contributed by atoms with Crippen molar-refractivity contribution < 1.29 is 0 Å². The molecule has 2 aromatic rings. The van der Waals surface area contributed by atoms with Crippen molar-refractivity contribution in [2.45, 2.75) is 41.3 Å². The van der Waals surface area contributed by atoms with E-state index < -0.39 is 0 Å². The van der Waals surface area contributed by atoms with Crippen LogP contribution in [0.2, 0.25) is 13.6 Å². The quantitative estimate of drug-likeness (QED) is 0.641. The van der Waals surface area contributed by atoms with Crippen molar-refractivity contribution in [3.05, 3.63) is 48.5 Å². The van der Waals surface area contributed by atoms with Gasteiger partial charge in [-0.2, -0.15) is 0 Å². The van der Waals surface area contributed by atoms with Crippen molar-refractivity contribution >= 4 is 35.3 Å². The molecular weight excluding hydrogens is 238 g/mol. The van der Waals surface area contributed by atoms with Gasteiger partial charge in [0.1, 0.15) is 0 Å². The van der Waals surface area contributed by atoms with Crippen LogP contribution in [0, 0.1) is 0 Å². The van der Waals surface area contributed by atoms with E-state index >= 15 is 0 Å². The van der Waals surface area contributed by atoms with E-state index in [0.717, 1.165) is 0 Å². The second-order valence-electron chi connectivity index (χ2n) is 4.70. The molecule has 2 heteroatoms. The van der Waals surface area contributed by atoms with Gasteiger partial charge in [-0.3, -0.25) is 0 Å². The highest BCUT2D eigenvalue weighted by Crippen LogP contribution is 1.98. The molecular formula is C18H26B2. The summed E-state index contributed by atoms with van der Waals surface area (Å²) < 4.78 is 0. The lowest BCUT2D eigenvalue weighted by Gasteiger charge is -2.27. The molecule has 0 saturated carbocycles. The Morgan fingerprint density at radius 2 is 0.700 bits per heavy atom. The summed E-state index contributed by atoms with van der Waals surface area (Å²) in [5.41, 5.74) is 5.98. The molecule has 0 atom stereocenters. The lowest BCUT2D eigenvalue weighted by Crippen LogP contribution is -2.66. The Balaban J connectivity index is 0.000000461. The monoisotopic (exact) mass is 264 g/mol. The van der Waals surface area contributed by atoms with E-state index in [0.29, 0.717) is 13.4 Å². The van der Waals surface area contributed by atoms with Gasteiger partial charge in [-0.15, -0.1) is 0 Å². The second kappa shape index (κ2) is 7.99. The highest BCUT2D eigenvalue weighted by Gasteiger charge is 2.30. The maximum Gasteiger partial charge on any atom is 0.204 e. The van der Waals surface area contributed by atoms with E-state index in [1.54, 1.807) is 0 Å². The molecule has 1 aliphatic rings. The molecule has 0 nitrogen and oxygen atoms in total. The fourth-order valence-electron chi connectivity index (χ4n) is 2.93. The van der Waals surface area contributed by atoms with Crippen LogP contribution in [0.3, 0.4) is 0 Å². The Morgan fingerprint density at radius 3 is 0.900 bits per heavy atom. The van der Waals surface area contributed by atoms with Crippen molar-refractivity contribution in [2.24, 2.45) is 0 Å². The number of benzene rings is 2. The van der Waals surface area contributed by atoms with Crippen molar-refractivity contribution in [1.82, 2.24) is 0 Å². The van der Waals surface area contributed by atoms with Crippen LogP contribution >= 0.6 is 0 Å². The first-order chi connectivity index (χ1) is 9.79. The zero-order valence-corrected chi connectivity index (χ0v) is 13.8. The zero-order valence-electron chi connectivity index (χ0n) is 13.8. The smallest absolute Gasteiger partial charge is 0.0794 e. The zero-order chi connectivity index (χ0) is 15.1. The Kier molecular flexibility index (Phi) is 6.64. The minimum Gasteiger partial charge on any atom is -0.0794 e. The van der Waals surface area contributed by atoms with Crippen LogP contribution in [0.4, 0.5) is 0 Å². The summed E-state index contributed by atoms with van der Waals surface area (Å²) in [5.74, 6) is 0. The number of hydrogen-bond acceptors (Lipinski definition) is 0. The van der Waals surface area contributed by atoms with Gasteiger partial charge >= 0.3 is 0 Å². The third-order valence-corrected chi connectivity index (χ3v) is 3.86. The van der Waals surface area contributed by atoms with Gasteiger partial charge in [0.05, 0.1) is 0 Å². The van der Waals surface area contributed by atoms with Crippen LogP contribution in [0.5, 0.6) is 0 Å². The van der Waals surface area contributed by atoms with E-state index in [1.807, 2.05) is 27.7 Å². The molecule has 0 aromatic heterocycles. The molecule has 20 heavy (non-hydrogen) atoms. The minimum atomic E-state index is 0.531. The van der Waals surface area contributed by atoms with Crippen molar-refractivity contribution in [1.29, 1.82) is 0 Å². The van der Waals surface area contributed by atoms with Gasteiger partial charge in [0.2, 0.25) is 13.4 Å². The first kappa shape index (κ1) is 16.6. The van der Waals surface area contributed by atoms with Gasteiger partial charge in [-0.05, 0) is 0 Å². The van der Waals surface area contributed by atoms with Crippen molar-refractivity contribution in [2.75, 3.05) is 0 Å². The molecule has 104 valence electrons. The maximum atomic E-state index is 2.31. The first-order valence-electron chi connectivity index (χ1n) is 7.96. The summed E-state index contributed by atoms with van der Waals surface area (Å²) in [6.07, 6.45) is 0. The number of rotatable bonds is 0. The molecule has 3 rings (SSSR count). The molecule has 2 aromatic carbocycles. The number of fused-ring (bicyclic) bond motifs is 2. The van der Waals surface area contributed by atoms with Crippen molar-refractivity contribution in [3.8, 4) is 0 Å². The average molecular weight is 264 g/mol. The molecule has 0 aliphatic carbocycles. The summed E-state index contributed by atoms with van der Waals surface area (Å²) >= 11 is 0. The molecule has 0 saturated heterocycles. The van der Waals surface area contributed by atoms with E-state index in [-0.39, 0.29) is 0 Å². The Morgan fingerprint density at radius 1 is 0.500 bits per heavy atom. The fraction of sp³-hybridized carbons (Fsp3) is 0.333. The van der Waals surface area contributed by atoms with Crippen LogP contribution in [0.1, 0.15) is 27.7 Å². The van der Waals surface area contributed by atoms with Crippen LogP contribution in [0.25, 0.3) is 0 Å². The predicted molar refractivity (Wildman–Crippen MR) is 97.4 cm³/mol. The Hall–Kier alpha value is -1.43. The number of hydrogen-bond donors (Lipinski definition) is 0. The molecule has 1 heterocycles. The lowest BCUT2D eigenvalue weighted by atomic mass is 9.25. The topological polar surface area (TPSA) is 0 Å². The SMILES string of the molecule is CB1c2ccccc2B(C)c2ccccc21.CC.CC. The molecule has 0 spiro atoms. The van der Waals surface area contributed by atoms with Gasteiger partial charge in [-0.25, -0.2) is 0 Å². The third-order valence-electron chi connectivity index (χ3n) is 3.86. The normalized spacial score (nSPS) is 11.3. The fourth-order valence-corrected chi connectivity index (χ4v) is 2.93. The van der Waals surface area contributed by atoms with Crippen molar-refractivity contribution in [3.63, 3.8) is 0 Å². The Labute approximate surface area is 125 Å². The largest absolute Gasteiger partial charge is 0.204 e. The van der Waals surface area contributed by atoms with Crippen LogP contribution in [-0.4, -0.2) is 13.4 Å². The minimum absolute atomic E-state index is 0.531. The third kappa shape index (κ3) is 3.00. The van der Waals surface area contributed by atoms with E-state index in [2.05, 4.69) is 62.2 Å². The highest BCUT2D eigenvalue weighted by molar-refractivity contribution is 7.01. The molecule has 0 bridgehead atoms. The Bertz CT molecular complexity index is 439. The van der Waals surface area contributed by atoms with E-state index in [4.69, 9.17) is 0 Å². The lowest BCUT2D eigenvalue weighted by molar-refractivity contribution is 1.50. The summed E-state index contributed by atoms with van der Waals surface area (Å²) in [5, 5.41) is 0. The molecule has 0 fully saturated rings. The summed E-state index contributed by atoms with van der Waals surface area (Å²) in [6.45, 7) is 13.7. The summed E-state index contributed by atoms with van der Waals surface area (Å²) in [4.78, 5) is 0. The predicted octanol–water partition coefficient (Wildman–Crippen LogP) is 2.53. The van der Waals surface area contributed by atoms with Gasteiger partial charge in [-0.1, -0.05) is 112 Å². The molecule has 1 aliphatic heterocycles. The van der Waals surface area contributed by atoms with Gasteiger partial charge in [0.25, 0.3) is 0 Å². The maximum absolute atomic E-state index is 2.31. The second-order valence-corrected chi connectivity index (χ2v) is 4.70. The molecule has 0 radical (unpaired) electrons. The standard InChI is InChI=1S/C14H14B2.2C2H6/c1-15-11-7-3-5-9-13(11)16(2)14-10-6-4-8-12(14)15;2*1-2/h3-10H,1-2H3;2*1-2H3. The van der Waals surface area contributed by atoms with Gasteiger partial charge in [0.15, 0.2) is 0 Å².